The quantitative estimate of drug-likeness (QED) is 0.0285. The number of sulfone groups is 3. The van der Waals surface area contributed by atoms with Crippen molar-refractivity contribution in [1.82, 2.24) is 0 Å². The summed E-state index contributed by atoms with van der Waals surface area (Å²) < 4.78 is 82.0. The van der Waals surface area contributed by atoms with Gasteiger partial charge in [-0.25, -0.2) is 39.6 Å². The Hall–Kier alpha value is -10.4. The van der Waals surface area contributed by atoms with Crippen LogP contribution in [0.3, 0.4) is 0 Å². The van der Waals surface area contributed by atoms with Crippen LogP contribution in [0.2, 0.25) is 0 Å². The minimum atomic E-state index is -3.48. The first-order valence-electron chi connectivity index (χ1n) is 32.0. The fraction of sp³-hybridized carbons (Fsp3) is 0.231. The number of carbonyl (C=O) groups is 6. The molecule has 9 rings (SSSR count). The van der Waals surface area contributed by atoms with Gasteiger partial charge in [0, 0.05) is 36.3 Å². The van der Waals surface area contributed by atoms with E-state index in [0.29, 0.717) is 41.9 Å². The second-order valence-corrected chi connectivity index (χ2v) is 30.2. The molecule has 516 valence electrons. The van der Waals surface area contributed by atoms with Crippen molar-refractivity contribution in [2.45, 2.75) is 106 Å². The summed E-state index contributed by atoms with van der Waals surface area (Å²) in [4.78, 5) is 72.8. The molecule has 0 aliphatic heterocycles. The summed E-state index contributed by atoms with van der Waals surface area (Å²) in [5, 5.41) is 26.4. The van der Waals surface area contributed by atoms with Gasteiger partial charge < -0.3 is 30.9 Å². The van der Waals surface area contributed by atoms with E-state index in [1.807, 2.05) is 113 Å². The maximum atomic E-state index is 12.9. The highest BCUT2D eigenvalue weighted by Gasteiger charge is 2.26. The standard InChI is InChI=1S/C27H29NO5S.C26H27NO5S.C25H25NO5S/c1-3-33-27(30)22-11-13-24(14-12-22)28-26(29)19-23(21-7-5-4-6-8-21)17-18-34(31,32)25-15-9-20(2)10-16-25;1-18-3-7-20(8-4-18)22(15-16-33(31,32)24-13-5-19(2)6-14-24)17-25(28)27-23-11-9-21(10-12-23)26(29)30;1-18-7-13-23(14-8-18)32(30,31)16-15-21(19-5-3-2-4-6-19)17-24(27)26-22-11-9-20(10-12-22)25(28)29/h4-16,23H,3,17-19H2,1-2H3,(H,28,29);3-14,22H,15-17H2,1-2H3,(H,27,28)(H,29,30);2-14,21H,15-17H2,1H3,(H,26,27)(H,28,29). The minimum Gasteiger partial charge on any atom is -0.478 e. The molecule has 3 atom stereocenters. The van der Waals surface area contributed by atoms with Gasteiger partial charge in [0.05, 0.1) is 55.2 Å². The number of aryl methyl sites for hydroxylation is 4. The summed E-state index contributed by atoms with van der Waals surface area (Å²) >= 11 is 0. The molecule has 3 unspecified atom stereocenters. The number of carboxylic acids is 2. The molecule has 5 N–H and O–H groups in total. The fourth-order valence-corrected chi connectivity index (χ4v) is 14.7. The van der Waals surface area contributed by atoms with Crippen molar-refractivity contribution < 1.29 is 69.0 Å². The van der Waals surface area contributed by atoms with Crippen LogP contribution in [0.4, 0.5) is 17.1 Å². The number of anilines is 3. The van der Waals surface area contributed by atoms with Crippen LogP contribution >= 0.6 is 0 Å². The van der Waals surface area contributed by atoms with Gasteiger partial charge in [-0.2, -0.15) is 0 Å². The molecule has 0 heterocycles. The van der Waals surface area contributed by atoms with Gasteiger partial charge in [0.15, 0.2) is 29.5 Å². The summed E-state index contributed by atoms with van der Waals surface area (Å²) in [7, 11) is -10.4. The van der Waals surface area contributed by atoms with E-state index in [0.717, 1.165) is 38.9 Å². The van der Waals surface area contributed by atoms with Crippen molar-refractivity contribution in [1.29, 1.82) is 0 Å². The highest BCUT2D eigenvalue weighted by atomic mass is 32.2. The van der Waals surface area contributed by atoms with Gasteiger partial charge in [0.2, 0.25) is 17.7 Å². The number of carbonyl (C=O) groups excluding carboxylic acids is 4. The molecule has 0 bridgehead atoms. The third kappa shape index (κ3) is 24.3. The van der Waals surface area contributed by atoms with Crippen LogP contribution in [0, 0.1) is 27.7 Å². The van der Waals surface area contributed by atoms with Crippen LogP contribution in [-0.2, 0) is 48.6 Å². The Kier molecular flexibility index (Phi) is 27.9. The van der Waals surface area contributed by atoms with Crippen molar-refractivity contribution in [3.8, 4) is 0 Å². The molecule has 0 saturated heterocycles. The number of hydrogen-bond acceptors (Lipinski definition) is 13. The smallest absolute Gasteiger partial charge is 0.338 e. The van der Waals surface area contributed by atoms with Crippen molar-refractivity contribution in [2.75, 3.05) is 39.8 Å². The van der Waals surface area contributed by atoms with Crippen LogP contribution in [0.25, 0.3) is 0 Å². The summed E-state index contributed by atoms with van der Waals surface area (Å²) in [6.45, 7) is 9.70. The Labute approximate surface area is 579 Å². The molecule has 0 saturated carbocycles. The molecule has 0 fully saturated rings. The number of benzene rings is 9. The zero-order valence-electron chi connectivity index (χ0n) is 55.7. The predicted octanol–water partition coefficient (Wildman–Crippen LogP) is 14.8. The molecule has 0 aliphatic carbocycles. The summed E-state index contributed by atoms with van der Waals surface area (Å²) in [6, 6.07) is 65.1. The van der Waals surface area contributed by atoms with Gasteiger partial charge in [-0.1, -0.05) is 144 Å². The van der Waals surface area contributed by atoms with E-state index in [9.17, 15) is 54.0 Å². The van der Waals surface area contributed by atoms with Crippen LogP contribution in [0.5, 0.6) is 0 Å². The predicted molar refractivity (Wildman–Crippen MR) is 385 cm³/mol. The van der Waals surface area contributed by atoms with E-state index >= 15 is 0 Å². The van der Waals surface area contributed by atoms with Crippen LogP contribution < -0.4 is 16.0 Å². The molecule has 9 aromatic carbocycles. The largest absolute Gasteiger partial charge is 0.478 e. The number of esters is 1. The molecule has 3 amide bonds. The summed E-state index contributed by atoms with van der Waals surface area (Å²) in [5.41, 5.74) is 8.94. The second kappa shape index (κ2) is 36.3. The molecule has 0 aliphatic rings. The van der Waals surface area contributed by atoms with Crippen molar-refractivity contribution in [2.24, 2.45) is 0 Å². The van der Waals surface area contributed by atoms with Gasteiger partial charge in [-0.05, 0) is 198 Å². The van der Waals surface area contributed by atoms with E-state index < -0.39 is 47.4 Å². The van der Waals surface area contributed by atoms with Crippen LogP contribution in [0.1, 0.15) is 133 Å². The Bertz CT molecular complexity index is 4520. The molecular formula is C78H81N3O15S3. The maximum Gasteiger partial charge on any atom is 0.338 e. The lowest BCUT2D eigenvalue weighted by Crippen LogP contribution is -2.18. The minimum absolute atomic E-state index is 0.0584. The molecule has 0 aromatic heterocycles. The Morgan fingerprint density at radius 1 is 0.343 bits per heavy atom. The van der Waals surface area contributed by atoms with E-state index in [1.165, 1.54) is 48.5 Å². The highest BCUT2D eigenvalue weighted by Crippen LogP contribution is 2.31. The van der Waals surface area contributed by atoms with Gasteiger partial charge in [-0.3, -0.25) is 14.4 Å². The number of nitrogens with one attached hydrogen (secondary N) is 3. The fourth-order valence-electron chi connectivity index (χ4n) is 10.5. The van der Waals surface area contributed by atoms with E-state index in [1.54, 1.807) is 104 Å². The first-order valence-corrected chi connectivity index (χ1v) is 37.0. The van der Waals surface area contributed by atoms with Gasteiger partial charge in [0.25, 0.3) is 0 Å². The van der Waals surface area contributed by atoms with Crippen LogP contribution in [-0.4, -0.2) is 95.0 Å². The average Bonchev–Trinajstić information content (AvgIpc) is 0.859. The number of rotatable bonds is 28. The second-order valence-electron chi connectivity index (χ2n) is 23.9. The topological polar surface area (TPSA) is 291 Å². The zero-order chi connectivity index (χ0) is 71.7. The Balaban J connectivity index is 0.000000209. The molecular weight excluding hydrogens is 1320 g/mol. The monoisotopic (exact) mass is 1400 g/mol. The summed E-state index contributed by atoms with van der Waals surface area (Å²) in [6.07, 6.45) is 1.25. The van der Waals surface area contributed by atoms with Crippen molar-refractivity contribution in [3.63, 3.8) is 0 Å². The molecule has 0 radical (unpaired) electrons. The lowest BCUT2D eigenvalue weighted by Gasteiger charge is -2.18. The molecule has 99 heavy (non-hydrogen) atoms. The van der Waals surface area contributed by atoms with Gasteiger partial charge in [0.1, 0.15) is 0 Å². The first-order chi connectivity index (χ1) is 47.2. The van der Waals surface area contributed by atoms with Crippen LogP contribution in [0.15, 0.2) is 245 Å². The summed E-state index contributed by atoms with van der Waals surface area (Å²) in [5.74, 6) is -4.30. The van der Waals surface area contributed by atoms with Gasteiger partial charge >= 0.3 is 17.9 Å². The highest BCUT2D eigenvalue weighted by molar-refractivity contribution is 7.92. The number of hydrogen-bond donors (Lipinski definition) is 5. The SMILES string of the molecule is CCOC(=O)c1ccc(NC(=O)CC(CCS(=O)(=O)c2ccc(C)cc2)c2ccccc2)cc1.Cc1ccc(C(CCS(=O)(=O)c2ccc(C)cc2)CC(=O)Nc2ccc(C(=O)O)cc2)cc1.Cc1ccc(S(=O)(=O)CCC(CC(=O)Nc2ccc(C(=O)O)cc2)c2ccccc2)cc1. The number of amides is 3. The molecule has 21 heteroatoms. The molecule has 0 spiro atoms. The lowest BCUT2D eigenvalue weighted by atomic mass is 9.92. The average molecular weight is 1400 g/mol. The molecule has 9 aromatic rings. The Morgan fingerprint density at radius 2 is 0.596 bits per heavy atom. The zero-order valence-corrected chi connectivity index (χ0v) is 58.1. The molecule has 18 nitrogen and oxygen atoms in total. The van der Waals surface area contributed by atoms with E-state index in [-0.39, 0.29) is 104 Å². The van der Waals surface area contributed by atoms with Gasteiger partial charge in [-0.15, -0.1) is 0 Å². The van der Waals surface area contributed by atoms with Crippen molar-refractivity contribution >= 4 is 82.2 Å². The first kappa shape index (κ1) is 76.0. The van der Waals surface area contributed by atoms with Crippen molar-refractivity contribution in [3.05, 3.63) is 286 Å². The normalized spacial score (nSPS) is 12.1. The third-order valence-corrected chi connectivity index (χ3v) is 21.5. The van der Waals surface area contributed by atoms with E-state index in [4.69, 9.17) is 14.9 Å². The number of ether oxygens (including phenoxy) is 1. The Morgan fingerprint density at radius 3 is 0.859 bits per heavy atom. The maximum absolute atomic E-state index is 12.9. The number of aromatic carboxylic acids is 2. The lowest BCUT2D eigenvalue weighted by molar-refractivity contribution is -0.117. The van der Waals surface area contributed by atoms with E-state index in [2.05, 4.69) is 16.0 Å². The number of carboxylic acid groups (broad SMARTS) is 2. The third-order valence-electron chi connectivity index (χ3n) is 16.2.